The second kappa shape index (κ2) is 10.1. The normalized spacial score (nSPS) is 10.2. The summed E-state index contributed by atoms with van der Waals surface area (Å²) in [6.07, 6.45) is 5.49. The van der Waals surface area contributed by atoms with Crippen molar-refractivity contribution in [2.45, 2.75) is 6.92 Å². The van der Waals surface area contributed by atoms with Crippen LogP contribution in [-0.2, 0) is 0 Å². The number of hydrogen-bond donors (Lipinski definition) is 2. The molecule has 0 amide bonds. The van der Waals surface area contributed by atoms with E-state index in [1.54, 1.807) is 0 Å². The van der Waals surface area contributed by atoms with E-state index in [0.717, 1.165) is 23.9 Å². The van der Waals surface area contributed by atoms with Crippen molar-refractivity contribution in [1.29, 1.82) is 0 Å². The van der Waals surface area contributed by atoms with Crippen LogP contribution in [0.4, 0.5) is 0 Å². The van der Waals surface area contributed by atoms with Gasteiger partial charge < -0.3 is 14.6 Å². The van der Waals surface area contributed by atoms with E-state index in [1.807, 2.05) is 67.3 Å². The largest absolute Gasteiger partial charge is 0.446 e. The first-order valence-electron chi connectivity index (χ1n) is 6.45. The Morgan fingerprint density at radius 2 is 1.85 bits per heavy atom. The van der Waals surface area contributed by atoms with E-state index in [-0.39, 0.29) is 0 Å². The molecule has 1 aromatic heterocycles. The summed E-state index contributed by atoms with van der Waals surface area (Å²) in [6.45, 7) is 2.70. The fraction of sp³-hybridized carbons (Fsp3) is 0.267. The first-order valence-corrected chi connectivity index (χ1v) is 7.08. The maximum absolute atomic E-state index is 5.32. The Morgan fingerprint density at radius 1 is 1.25 bits per heavy atom. The van der Waals surface area contributed by atoms with Crippen LogP contribution in [0.5, 0.6) is 5.75 Å². The second-order valence-corrected chi connectivity index (χ2v) is 4.13. The predicted molar refractivity (Wildman–Crippen MR) is 88.3 cm³/mol. The molecule has 108 valence electrons. The van der Waals surface area contributed by atoms with Crippen LogP contribution in [0, 0.1) is 0 Å². The molecule has 0 fully saturated rings. The van der Waals surface area contributed by atoms with Crippen molar-refractivity contribution < 1.29 is 4.74 Å². The summed E-state index contributed by atoms with van der Waals surface area (Å²) >= 11 is 3.81. The molecule has 0 spiro atoms. The quantitative estimate of drug-likeness (QED) is 0.385. The summed E-state index contributed by atoms with van der Waals surface area (Å²) in [4.78, 5) is 3.99. The number of aliphatic imine (C=N–C) groups is 1. The number of ether oxygens (including phenoxy) is 1. The average molecular weight is 291 g/mol. The molecule has 0 aliphatic rings. The van der Waals surface area contributed by atoms with Gasteiger partial charge in [0.05, 0.1) is 0 Å². The molecular formula is C15H21N3OS. The minimum Gasteiger partial charge on any atom is -0.446 e. The molecule has 5 heteroatoms. The smallest absolute Gasteiger partial charge is 0.176 e. The van der Waals surface area contributed by atoms with Gasteiger partial charge in [-0.3, -0.25) is 4.99 Å². The molecule has 1 N–H and O–H groups in total. The van der Waals surface area contributed by atoms with Gasteiger partial charge in [-0.25, -0.2) is 0 Å². The highest BCUT2D eigenvalue weighted by Gasteiger charge is 1.95. The third kappa shape index (κ3) is 5.95. The van der Waals surface area contributed by atoms with Gasteiger partial charge >= 0.3 is 0 Å². The van der Waals surface area contributed by atoms with E-state index in [0.29, 0.717) is 0 Å². The minimum atomic E-state index is 0.738. The highest BCUT2D eigenvalue weighted by atomic mass is 32.1. The highest BCUT2D eigenvalue weighted by Crippen LogP contribution is 2.14. The Labute approximate surface area is 125 Å². The Kier molecular flexibility index (Phi) is 8.26. The minimum absolute atomic E-state index is 0.738. The van der Waals surface area contributed by atoms with Crippen molar-refractivity contribution in [3.8, 4) is 11.4 Å². The first kappa shape index (κ1) is 16.3. The third-order valence-electron chi connectivity index (χ3n) is 2.34. The van der Waals surface area contributed by atoms with Gasteiger partial charge in [0, 0.05) is 30.5 Å². The maximum atomic E-state index is 5.32. The van der Waals surface area contributed by atoms with Crippen LogP contribution in [0.25, 0.3) is 5.69 Å². The lowest BCUT2D eigenvalue weighted by atomic mass is 10.3. The fourth-order valence-electron chi connectivity index (χ4n) is 1.38. The zero-order valence-electron chi connectivity index (χ0n) is 11.9. The molecule has 4 nitrogen and oxygen atoms in total. The van der Waals surface area contributed by atoms with Crippen LogP contribution in [0.2, 0.25) is 0 Å². The molecule has 2 rings (SSSR count). The molecule has 0 bridgehead atoms. The third-order valence-corrected chi connectivity index (χ3v) is 2.66. The Morgan fingerprint density at radius 3 is 2.35 bits per heavy atom. The van der Waals surface area contributed by atoms with Crippen molar-refractivity contribution in [2.24, 2.45) is 4.99 Å². The second-order valence-electron chi connectivity index (χ2n) is 3.82. The standard InChI is InChI=1S/C13H14N2O.C2H7NS/c1-2-14-11-16-13-7-5-12(6-8-13)15-9-3-4-10-15;1-3-2-4/h3-11H,2H2,1H3;3-4H,2H2,1H3. The summed E-state index contributed by atoms with van der Waals surface area (Å²) in [7, 11) is 1.85. The van der Waals surface area contributed by atoms with Crippen LogP contribution in [0.1, 0.15) is 6.92 Å². The van der Waals surface area contributed by atoms with Gasteiger partial charge in [-0.1, -0.05) is 0 Å². The van der Waals surface area contributed by atoms with E-state index >= 15 is 0 Å². The molecule has 0 saturated heterocycles. The molecule has 0 aliphatic carbocycles. The lowest BCUT2D eigenvalue weighted by Gasteiger charge is -2.04. The molecule has 0 saturated carbocycles. The lowest BCUT2D eigenvalue weighted by Crippen LogP contribution is -1.98. The van der Waals surface area contributed by atoms with Crippen molar-refractivity contribution in [1.82, 2.24) is 9.88 Å². The molecule has 2 aromatic rings. The van der Waals surface area contributed by atoms with E-state index in [2.05, 4.69) is 22.9 Å². The zero-order chi connectivity index (χ0) is 14.6. The maximum Gasteiger partial charge on any atom is 0.176 e. The first-order chi connectivity index (χ1) is 9.81. The Balaban J connectivity index is 0.000000444. The monoisotopic (exact) mass is 291 g/mol. The van der Waals surface area contributed by atoms with Crippen LogP contribution in [0.3, 0.4) is 0 Å². The number of thiol groups is 1. The fourth-order valence-corrected chi connectivity index (χ4v) is 1.38. The van der Waals surface area contributed by atoms with Gasteiger partial charge in [0.1, 0.15) is 5.75 Å². The topological polar surface area (TPSA) is 38.5 Å². The average Bonchev–Trinajstić information content (AvgIpc) is 3.03. The molecule has 0 atom stereocenters. The van der Waals surface area contributed by atoms with E-state index in [1.165, 1.54) is 6.40 Å². The van der Waals surface area contributed by atoms with Crippen LogP contribution < -0.4 is 10.1 Å². The van der Waals surface area contributed by atoms with Gasteiger partial charge in [0.15, 0.2) is 6.40 Å². The van der Waals surface area contributed by atoms with Gasteiger partial charge in [-0.2, -0.15) is 12.6 Å². The lowest BCUT2D eigenvalue weighted by molar-refractivity contribution is 0.571. The van der Waals surface area contributed by atoms with Crippen LogP contribution >= 0.6 is 12.6 Å². The van der Waals surface area contributed by atoms with Gasteiger partial charge in [-0.15, -0.1) is 0 Å². The summed E-state index contributed by atoms with van der Waals surface area (Å²) < 4.78 is 7.36. The van der Waals surface area contributed by atoms with Gasteiger partial charge in [0.25, 0.3) is 0 Å². The van der Waals surface area contributed by atoms with Crippen molar-refractivity contribution in [3.63, 3.8) is 0 Å². The number of benzene rings is 1. The van der Waals surface area contributed by atoms with Crippen molar-refractivity contribution in [3.05, 3.63) is 48.8 Å². The zero-order valence-corrected chi connectivity index (χ0v) is 12.8. The molecule has 0 unspecified atom stereocenters. The number of rotatable bonds is 5. The highest BCUT2D eigenvalue weighted by molar-refractivity contribution is 7.80. The summed E-state index contributed by atoms with van der Waals surface area (Å²) in [6, 6.07) is 11.9. The van der Waals surface area contributed by atoms with Crippen LogP contribution in [-0.4, -0.2) is 30.4 Å². The predicted octanol–water partition coefficient (Wildman–Crippen LogP) is 3.00. The van der Waals surface area contributed by atoms with Crippen LogP contribution in [0.15, 0.2) is 53.8 Å². The number of nitrogens with one attached hydrogen (secondary N) is 1. The Bertz CT molecular complexity index is 478. The van der Waals surface area contributed by atoms with Crippen molar-refractivity contribution >= 4 is 19.0 Å². The summed E-state index contributed by atoms with van der Waals surface area (Å²) in [5.41, 5.74) is 1.12. The van der Waals surface area contributed by atoms with E-state index in [4.69, 9.17) is 4.74 Å². The molecule has 0 aliphatic heterocycles. The molecule has 20 heavy (non-hydrogen) atoms. The molecular weight excluding hydrogens is 270 g/mol. The molecule has 1 heterocycles. The SMILES string of the molecule is CCN=COc1ccc(-n2cccc2)cc1.CNCS. The summed E-state index contributed by atoms with van der Waals surface area (Å²) in [5, 5.41) is 2.79. The summed E-state index contributed by atoms with van der Waals surface area (Å²) in [5.74, 6) is 1.56. The molecule has 0 radical (unpaired) electrons. The number of nitrogens with zero attached hydrogens (tertiary/aromatic N) is 2. The van der Waals surface area contributed by atoms with E-state index in [9.17, 15) is 0 Å². The van der Waals surface area contributed by atoms with Gasteiger partial charge in [-0.05, 0) is 50.4 Å². The van der Waals surface area contributed by atoms with Crippen molar-refractivity contribution in [2.75, 3.05) is 19.5 Å². The van der Waals surface area contributed by atoms with Gasteiger partial charge in [0.2, 0.25) is 0 Å². The number of hydrogen-bond acceptors (Lipinski definition) is 4. The Hall–Kier alpha value is -1.72. The number of aromatic nitrogens is 1. The van der Waals surface area contributed by atoms with E-state index < -0.39 is 0 Å². The molecule has 1 aromatic carbocycles.